The van der Waals surface area contributed by atoms with E-state index in [0.29, 0.717) is 35.7 Å². The van der Waals surface area contributed by atoms with Gasteiger partial charge in [-0.15, -0.1) is 10.2 Å². The Bertz CT molecular complexity index is 1140. The summed E-state index contributed by atoms with van der Waals surface area (Å²) in [6, 6.07) is 20.6. The smallest absolute Gasteiger partial charge is 0.283 e. The van der Waals surface area contributed by atoms with E-state index in [1.807, 2.05) is 59.5 Å². The Kier molecular flexibility index (Phi) is 7.55. The van der Waals surface area contributed by atoms with Crippen molar-refractivity contribution in [3.05, 3.63) is 95.0 Å². The molecule has 0 saturated carbocycles. The molecule has 0 fully saturated rings. The van der Waals surface area contributed by atoms with Crippen LogP contribution in [0.3, 0.4) is 0 Å². The SMILES string of the molecule is CCCN(CC(=O)N[C@H](c1ccccc1)c1ccc(Cl)cc1)Cc1nnc(-c2ccco2)o1. The summed E-state index contributed by atoms with van der Waals surface area (Å²) >= 11 is 6.06. The molecule has 0 aliphatic rings. The van der Waals surface area contributed by atoms with E-state index in [1.165, 1.54) is 0 Å². The average molecular weight is 465 g/mol. The van der Waals surface area contributed by atoms with Gasteiger partial charge in [-0.05, 0) is 48.4 Å². The molecule has 4 rings (SSSR count). The Morgan fingerprint density at radius 2 is 1.79 bits per heavy atom. The van der Waals surface area contributed by atoms with Gasteiger partial charge in [-0.1, -0.05) is 61.0 Å². The molecule has 1 atom stereocenters. The molecule has 170 valence electrons. The highest BCUT2D eigenvalue weighted by molar-refractivity contribution is 6.30. The van der Waals surface area contributed by atoms with Crippen molar-refractivity contribution in [2.75, 3.05) is 13.1 Å². The van der Waals surface area contributed by atoms with Crippen LogP contribution in [0.25, 0.3) is 11.7 Å². The molecule has 2 aromatic carbocycles. The van der Waals surface area contributed by atoms with E-state index in [9.17, 15) is 4.79 Å². The molecule has 0 unspecified atom stereocenters. The summed E-state index contributed by atoms with van der Waals surface area (Å²) in [4.78, 5) is 15.1. The maximum Gasteiger partial charge on any atom is 0.283 e. The van der Waals surface area contributed by atoms with Gasteiger partial charge in [0, 0.05) is 5.02 Å². The van der Waals surface area contributed by atoms with E-state index in [2.05, 4.69) is 22.4 Å². The van der Waals surface area contributed by atoms with Gasteiger partial charge in [0.15, 0.2) is 5.76 Å². The Morgan fingerprint density at radius 1 is 1.03 bits per heavy atom. The molecule has 1 amide bonds. The van der Waals surface area contributed by atoms with Gasteiger partial charge in [0.05, 0.1) is 25.4 Å². The second-order valence-corrected chi connectivity index (χ2v) is 8.09. The number of benzene rings is 2. The lowest BCUT2D eigenvalue weighted by Crippen LogP contribution is -2.39. The van der Waals surface area contributed by atoms with Crippen molar-refractivity contribution in [1.29, 1.82) is 0 Å². The van der Waals surface area contributed by atoms with Crippen molar-refractivity contribution >= 4 is 17.5 Å². The fourth-order valence-corrected chi connectivity index (χ4v) is 3.73. The molecule has 4 aromatic rings. The van der Waals surface area contributed by atoms with Crippen LogP contribution in [0.4, 0.5) is 0 Å². The first-order chi connectivity index (χ1) is 16.1. The largest absolute Gasteiger partial charge is 0.459 e. The van der Waals surface area contributed by atoms with Gasteiger partial charge in [0.1, 0.15) is 0 Å². The van der Waals surface area contributed by atoms with Gasteiger partial charge in [0.2, 0.25) is 11.8 Å². The van der Waals surface area contributed by atoms with Gasteiger partial charge in [-0.3, -0.25) is 9.69 Å². The minimum absolute atomic E-state index is 0.0990. The van der Waals surface area contributed by atoms with Crippen molar-refractivity contribution < 1.29 is 13.6 Å². The molecular formula is C25H25ClN4O3. The first-order valence-electron chi connectivity index (χ1n) is 10.8. The van der Waals surface area contributed by atoms with E-state index in [-0.39, 0.29) is 18.5 Å². The normalized spacial score (nSPS) is 12.1. The predicted octanol–water partition coefficient (Wildman–Crippen LogP) is 5.10. The minimum Gasteiger partial charge on any atom is -0.459 e. The summed E-state index contributed by atoms with van der Waals surface area (Å²) in [5, 5.41) is 12.0. The number of carbonyl (C=O) groups is 1. The molecule has 8 heteroatoms. The van der Waals surface area contributed by atoms with Gasteiger partial charge in [0.25, 0.3) is 5.89 Å². The number of rotatable bonds is 10. The van der Waals surface area contributed by atoms with Crippen LogP contribution in [0, 0.1) is 0 Å². The number of nitrogens with zero attached hydrogens (tertiary/aromatic N) is 3. The topological polar surface area (TPSA) is 84.4 Å². The Hall–Kier alpha value is -3.42. The summed E-state index contributed by atoms with van der Waals surface area (Å²) in [5.41, 5.74) is 1.95. The average Bonchev–Trinajstić information content (AvgIpc) is 3.51. The third kappa shape index (κ3) is 6.09. The zero-order valence-electron chi connectivity index (χ0n) is 18.3. The molecule has 0 spiro atoms. The molecule has 7 nitrogen and oxygen atoms in total. The van der Waals surface area contributed by atoms with Crippen molar-refractivity contribution in [2.24, 2.45) is 0 Å². The zero-order valence-corrected chi connectivity index (χ0v) is 19.0. The lowest BCUT2D eigenvalue weighted by Gasteiger charge is -2.23. The quantitative estimate of drug-likeness (QED) is 0.351. The molecular weight excluding hydrogens is 440 g/mol. The molecule has 0 saturated heterocycles. The monoisotopic (exact) mass is 464 g/mol. The standard InChI is InChI=1S/C25H25ClN4O3/c1-2-14-30(17-23-28-29-25(33-23)21-9-6-15-32-21)16-22(31)27-24(18-7-4-3-5-8-18)19-10-12-20(26)13-11-19/h3-13,15,24H,2,14,16-17H2,1H3,(H,27,31)/t24-/m1/s1. The van der Waals surface area contributed by atoms with E-state index in [0.717, 1.165) is 17.5 Å². The first-order valence-corrected chi connectivity index (χ1v) is 11.2. The summed E-state index contributed by atoms with van der Waals surface area (Å²) in [6.45, 7) is 3.34. The molecule has 1 N–H and O–H groups in total. The Labute approximate surface area is 197 Å². The van der Waals surface area contributed by atoms with Crippen molar-refractivity contribution in [3.8, 4) is 11.7 Å². The number of furan rings is 1. The highest BCUT2D eigenvalue weighted by Gasteiger charge is 2.20. The lowest BCUT2D eigenvalue weighted by atomic mass is 9.98. The van der Waals surface area contributed by atoms with Crippen molar-refractivity contribution in [2.45, 2.75) is 25.9 Å². The summed E-state index contributed by atoms with van der Waals surface area (Å²) in [5.74, 6) is 1.17. The first kappa shape index (κ1) is 22.8. The summed E-state index contributed by atoms with van der Waals surface area (Å²) < 4.78 is 11.0. The molecule has 0 aliphatic carbocycles. The van der Waals surface area contributed by atoms with Crippen molar-refractivity contribution in [1.82, 2.24) is 20.4 Å². The fraction of sp³-hybridized carbons (Fsp3) is 0.240. The molecule has 0 bridgehead atoms. The van der Waals surface area contributed by atoms with Crippen LogP contribution in [-0.2, 0) is 11.3 Å². The number of halogens is 1. The molecule has 2 aromatic heterocycles. The van der Waals surface area contributed by atoms with Crippen molar-refractivity contribution in [3.63, 3.8) is 0 Å². The second-order valence-electron chi connectivity index (χ2n) is 7.65. The van der Waals surface area contributed by atoms with E-state index < -0.39 is 0 Å². The van der Waals surface area contributed by atoms with Gasteiger partial charge in [-0.2, -0.15) is 0 Å². The van der Waals surface area contributed by atoms with E-state index in [4.69, 9.17) is 20.4 Å². The van der Waals surface area contributed by atoms with Gasteiger partial charge in [-0.25, -0.2) is 0 Å². The zero-order chi connectivity index (χ0) is 23.0. The highest BCUT2D eigenvalue weighted by atomic mass is 35.5. The molecule has 0 aliphatic heterocycles. The maximum absolute atomic E-state index is 13.1. The molecule has 0 radical (unpaired) electrons. The number of hydrogen-bond acceptors (Lipinski definition) is 6. The number of amides is 1. The second kappa shape index (κ2) is 10.9. The number of carbonyl (C=O) groups excluding carboxylic acids is 1. The fourth-order valence-electron chi connectivity index (χ4n) is 3.61. The Balaban J connectivity index is 1.46. The molecule has 2 heterocycles. The molecule has 33 heavy (non-hydrogen) atoms. The Morgan fingerprint density at radius 3 is 2.48 bits per heavy atom. The van der Waals surface area contributed by atoms with E-state index in [1.54, 1.807) is 18.4 Å². The predicted molar refractivity (Wildman–Crippen MR) is 125 cm³/mol. The van der Waals surface area contributed by atoms with Crippen LogP contribution in [0.1, 0.15) is 36.4 Å². The lowest BCUT2D eigenvalue weighted by molar-refractivity contribution is -0.123. The summed E-state index contributed by atoms with van der Waals surface area (Å²) in [6.07, 6.45) is 2.43. The van der Waals surface area contributed by atoms with Crippen LogP contribution in [0.15, 0.2) is 81.8 Å². The number of nitrogens with one attached hydrogen (secondary N) is 1. The van der Waals surface area contributed by atoms with Crippen LogP contribution < -0.4 is 5.32 Å². The van der Waals surface area contributed by atoms with Crippen LogP contribution in [0.2, 0.25) is 5.02 Å². The number of hydrogen-bond donors (Lipinski definition) is 1. The number of aromatic nitrogens is 2. The summed E-state index contributed by atoms with van der Waals surface area (Å²) in [7, 11) is 0. The minimum atomic E-state index is -0.284. The van der Waals surface area contributed by atoms with Gasteiger partial charge < -0.3 is 14.2 Å². The van der Waals surface area contributed by atoms with Gasteiger partial charge >= 0.3 is 0 Å². The third-order valence-electron chi connectivity index (χ3n) is 5.11. The van der Waals surface area contributed by atoms with Crippen LogP contribution in [0.5, 0.6) is 0 Å². The highest BCUT2D eigenvalue weighted by Crippen LogP contribution is 2.24. The van der Waals surface area contributed by atoms with Crippen LogP contribution >= 0.6 is 11.6 Å². The van der Waals surface area contributed by atoms with Crippen LogP contribution in [-0.4, -0.2) is 34.1 Å². The maximum atomic E-state index is 13.1. The third-order valence-corrected chi connectivity index (χ3v) is 5.36. The van der Waals surface area contributed by atoms with E-state index >= 15 is 0 Å².